The minimum Gasteiger partial charge on any atom is -0.507 e. The van der Waals surface area contributed by atoms with E-state index >= 15 is 0 Å². The molecule has 1 aliphatic heterocycles. The van der Waals surface area contributed by atoms with Crippen molar-refractivity contribution in [1.29, 1.82) is 0 Å². The molecule has 0 radical (unpaired) electrons. The molecule has 1 saturated heterocycles. The molecule has 0 saturated carbocycles. The Morgan fingerprint density at radius 3 is 2.46 bits per heavy atom. The number of H-pyrrole nitrogens is 1. The van der Waals surface area contributed by atoms with E-state index in [9.17, 15) is 19.1 Å². The van der Waals surface area contributed by atoms with E-state index < -0.39 is 23.5 Å². The maximum absolute atomic E-state index is 13.7. The molecule has 35 heavy (non-hydrogen) atoms. The van der Waals surface area contributed by atoms with Crippen molar-refractivity contribution in [2.45, 2.75) is 6.04 Å². The number of fused-ring (bicyclic) bond motifs is 1. The van der Waals surface area contributed by atoms with Crippen molar-refractivity contribution < 1.29 is 28.6 Å². The van der Waals surface area contributed by atoms with E-state index in [0.29, 0.717) is 28.1 Å². The Morgan fingerprint density at radius 2 is 1.74 bits per heavy atom. The third kappa shape index (κ3) is 3.67. The predicted octanol–water partition coefficient (Wildman–Crippen LogP) is 4.35. The third-order valence-corrected chi connectivity index (χ3v) is 5.88. The number of nitrogens with zero attached hydrogens (tertiary/aromatic N) is 2. The lowest BCUT2D eigenvalue weighted by atomic mass is 9.95. The highest BCUT2D eigenvalue weighted by Gasteiger charge is 2.48. The predicted molar refractivity (Wildman–Crippen MR) is 127 cm³/mol. The number of aromatic amines is 1. The normalized spacial score (nSPS) is 17.2. The average molecular weight is 473 g/mol. The van der Waals surface area contributed by atoms with Gasteiger partial charge in [-0.15, -0.1) is 0 Å². The fraction of sp³-hybridized carbons (Fsp3) is 0.115. The van der Waals surface area contributed by atoms with Gasteiger partial charge in [-0.3, -0.25) is 14.5 Å². The number of carbonyl (C=O) groups excluding carboxylic acids is 2. The van der Waals surface area contributed by atoms with E-state index in [2.05, 4.69) is 9.97 Å². The van der Waals surface area contributed by atoms with Gasteiger partial charge in [-0.25, -0.2) is 9.37 Å². The van der Waals surface area contributed by atoms with Gasteiger partial charge in [-0.05, 0) is 42.0 Å². The Bertz CT molecular complexity index is 1500. The number of carbonyl (C=O) groups is 2. The molecule has 176 valence electrons. The number of hydrogen-bond donors (Lipinski definition) is 2. The molecule has 5 rings (SSSR count). The van der Waals surface area contributed by atoms with Crippen LogP contribution >= 0.6 is 0 Å². The first-order chi connectivity index (χ1) is 16.9. The maximum Gasteiger partial charge on any atom is 0.302 e. The third-order valence-electron chi connectivity index (χ3n) is 5.88. The first-order valence-corrected chi connectivity index (χ1v) is 10.7. The van der Waals surface area contributed by atoms with Crippen LogP contribution in [0.15, 0.2) is 72.3 Å². The number of benzene rings is 3. The monoisotopic (exact) mass is 473 g/mol. The van der Waals surface area contributed by atoms with Crippen molar-refractivity contribution in [1.82, 2.24) is 9.97 Å². The van der Waals surface area contributed by atoms with Crippen LogP contribution in [0.1, 0.15) is 17.2 Å². The number of hydrogen-bond acceptors (Lipinski definition) is 6. The molecular weight excluding hydrogens is 453 g/mol. The minimum atomic E-state index is -0.977. The van der Waals surface area contributed by atoms with Crippen LogP contribution in [0.5, 0.6) is 11.5 Å². The standard InChI is InChI=1S/C26H20FN3O5/c1-34-19-11-8-15(12-20(19)35-2)23(31)21-22(14-6-4-3-5-7-14)30(25(33)24(21)32)26-28-17-10-9-16(27)13-18(17)29-26/h3-13,22,31H,1-2H3,(H,28,29)/b23-21+. The average Bonchev–Trinajstić information content (AvgIpc) is 3.41. The molecule has 1 atom stereocenters. The van der Waals surface area contributed by atoms with Crippen LogP contribution in [-0.2, 0) is 9.59 Å². The highest BCUT2D eigenvalue weighted by Crippen LogP contribution is 2.42. The lowest BCUT2D eigenvalue weighted by Gasteiger charge is -2.23. The number of aromatic nitrogens is 2. The molecule has 1 unspecified atom stereocenters. The number of aliphatic hydroxyl groups excluding tert-OH is 1. The number of nitrogens with one attached hydrogen (secondary N) is 1. The van der Waals surface area contributed by atoms with Gasteiger partial charge in [-0.2, -0.15) is 0 Å². The van der Waals surface area contributed by atoms with Gasteiger partial charge in [0.15, 0.2) is 11.5 Å². The van der Waals surface area contributed by atoms with Crippen LogP contribution in [0, 0.1) is 5.82 Å². The van der Waals surface area contributed by atoms with Crippen LogP contribution in [0.3, 0.4) is 0 Å². The fourth-order valence-electron chi connectivity index (χ4n) is 4.22. The Balaban J connectivity index is 1.71. The number of rotatable bonds is 5. The zero-order valence-electron chi connectivity index (χ0n) is 18.8. The van der Waals surface area contributed by atoms with E-state index in [1.807, 2.05) is 0 Å². The fourth-order valence-corrected chi connectivity index (χ4v) is 4.22. The van der Waals surface area contributed by atoms with Gasteiger partial charge in [0.25, 0.3) is 5.78 Å². The second-order valence-electron chi connectivity index (χ2n) is 7.87. The van der Waals surface area contributed by atoms with Gasteiger partial charge in [0.05, 0.1) is 36.9 Å². The first kappa shape index (κ1) is 22.1. The van der Waals surface area contributed by atoms with E-state index in [1.54, 1.807) is 42.5 Å². The molecule has 1 aliphatic rings. The Hall–Kier alpha value is -4.66. The van der Waals surface area contributed by atoms with Gasteiger partial charge in [0.1, 0.15) is 11.6 Å². The van der Waals surface area contributed by atoms with E-state index in [-0.39, 0.29) is 22.8 Å². The van der Waals surface area contributed by atoms with Gasteiger partial charge in [0.2, 0.25) is 5.95 Å². The number of imidazole rings is 1. The first-order valence-electron chi connectivity index (χ1n) is 10.7. The minimum absolute atomic E-state index is 0.0629. The summed E-state index contributed by atoms with van der Waals surface area (Å²) in [6, 6.07) is 16.5. The molecular formula is C26H20FN3O5. The van der Waals surface area contributed by atoms with Crippen LogP contribution in [0.2, 0.25) is 0 Å². The van der Waals surface area contributed by atoms with Crippen LogP contribution in [-0.4, -0.2) is 41.0 Å². The summed E-state index contributed by atoms with van der Waals surface area (Å²) in [6.45, 7) is 0. The molecule has 4 aromatic rings. The van der Waals surface area contributed by atoms with Gasteiger partial charge in [0, 0.05) is 5.56 Å². The number of ketones is 1. The summed E-state index contributed by atoms with van der Waals surface area (Å²) in [6.07, 6.45) is 0. The summed E-state index contributed by atoms with van der Waals surface area (Å²) >= 11 is 0. The highest BCUT2D eigenvalue weighted by molar-refractivity contribution is 6.51. The summed E-state index contributed by atoms with van der Waals surface area (Å²) in [5, 5.41) is 11.3. The molecule has 2 N–H and O–H groups in total. The molecule has 0 bridgehead atoms. The van der Waals surface area contributed by atoms with E-state index in [0.717, 1.165) is 0 Å². The number of amides is 1. The molecule has 0 aliphatic carbocycles. The number of Topliss-reactive ketones (excluding diaryl/α,β-unsaturated/α-hetero) is 1. The van der Waals surface area contributed by atoms with Crippen molar-refractivity contribution in [3.8, 4) is 11.5 Å². The number of anilines is 1. The highest BCUT2D eigenvalue weighted by atomic mass is 19.1. The molecule has 1 amide bonds. The number of ether oxygens (including phenoxy) is 2. The van der Waals surface area contributed by atoms with Crippen LogP contribution in [0.4, 0.5) is 10.3 Å². The number of methoxy groups -OCH3 is 2. The van der Waals surface area contributed by atoms with Crippen molar-refractivity contribution in [3.05, 3.63) is 89.2 Å². The summed E-state index contributed by atoms with van der Waals surface area (Å²) in [5.74, 6) is -1.74. The SMILES string of the molecule is COc1ccc(/C(O)=C2\C(=O)C(=O)N(c3nc4ccc(F)cc4[nH]3)C2c2ccccc2)cc1OC. The second-order valence-corrected chi connectivity index (χ2v) is 7.87. The number of aliphatic hydroxyl groups is 1. The van der Waals surface area contributed by atoms with Crippen molar-refractivity contribution in [3.63, 3.8) is 0 Å². The Labute approximate surface area is 199 Å². The van der Waals surface area contributed by atoms with E-state index in [4.69, 9.17) is 9.47 Å². The van der Waals surface area contributed by atoms with Gasteiger partial charge < -0.3 is 19.6 Å². The molecule has 0 spiro atoms. The van der Waals surface area contributed by atoms with Crippen molar-refractivity contribution in [2.24, 2.45) is 0 Å². The molecule has 2 heterocycles. The Morgan fingerprint density at radius 1 is 1.00 bits per heavy atom. The Kier molecular flexibility index (Phi) is 5.44. The smallest absolute Gasteiger partial charge is 0.302 e. The lowest BCUT2D eigenvalue weighted by Crippen LogP contribution is -2.30. The summed E-state index contributed by atoms with van der Waals surface area (Å²) < 4.78 is 24.3. The molecule has 8 nitrogen and oxygen atoms in total. The van der Waals surface area contributed by atoms with Crippen molar-refractivity contribution >= 4 is 34.4 Å². The number of halogens is 1. The zero-order chi connectivity index (χ0) is 24.7. The lowest BCUT2D eigenvalue weighted by molar-refractivity contribution is -0.132. The summed E-state index contributed by atoms with van der Waals surface area (Å²) in [7, 11) is 2.94. The maximum atomic E-state index is 13.7. The topological polar surface area (TPSA) is 105 Å². The van der Waals surface area contributed by atoms with E-state index in [1.165, 1.54) is 43.4 Å². The largest absolute Gasteiger partial charge is 0.507 e. The zero-order valence-corrected chi connectivity index (χ0v) is 18.8. The molecule has 3 aromatic carbocycles. The summed E-state index contributed by atoms with van der Waals surface area (Å²) in [4.78, 5) is 35.0. The molecule has 1 fully saturated rings. The van der Waals surface area contributed by atoms with Crippen molar-refractivity contribution in [2.75, 3.05) is 19.1 Å². The molecule has 9 heteroatoms. The molecule has 1 aromatic heterocycles. The quantitative estimate of drug-likeness (QED) is 0.254. The van der Waals surface area contributed by atoms with Crippen LogP contribution < -0.4 is 14.4 Å². The summed E-state index contributed by atoms with van der Waals surface area (Å²) in [5.41, 5.74) is 1.54. The van der Waals surface area contributed by atoms with Gasteiger partial charge in [-0.1, -0.05) is 30.3 Å². The second kappa shape index (κ2) is 8.60. The van der Waals surface area contributed by atoms with Crippen LogP contribution in [0.25, 0.3) is 16.8 Å². The van der Waals surface area contributed by atoms with Gasteiger partial charge >= 0.3 is 5.91 Å².